The number of amides is 1. The van der Waals surface area contributed by atoms with E-state index in [4.69, 9.17) is 10.00 Å². The average molecular weight is 276 g/mol. The molecule has 1 fully saturated rings. The zero-order valence-electron chi connectivity index (χ0n) is 10.8. The number of nitrogens with zero attached hydrogens (tertiary/aromatic N) is 2. The third-order valence-electron chi connectivity index (χ3n) is 2.98. The number of hydrogen-bond acceptors (Lipinski definition) is 4. The number of carbonyl (C=O) groups excluding carboxylic acids is 1. The third-order valence-corrected chi connectivity index (χ3v) is 3.92. The fourth-order valence-electron chi connectivity index (χ4n) is 1.94. The maximum absolute atomic E-state index is 12.2. The number of ether oxygens (including phenoxy) is 1. The molecule has 1 heterocycles. The Morgan fingerprint density at radius 1 is 1.42 bits per heavy atom. The predicted molar refractivity (Wildman–Crippen MR) is 75.2 cm³/mol. The molecule has 0 saturated carbocycles. The summed E-state index contributed by atoms with van der Waals surface area (Å²) in [6.07, 6.45) is -0.558. The fourth-order valence-corrected chi connectivity index (χ4v) is 2.85. The molecule has 1 amide bonds. The van der Waals surface area contributed by atoms with Gasteiger partial charge >= 0.3 is 0 Å². The van der Waals surface area contributed by atoms with Crippen molar-refractivity contribution in [3.8, 4) is 11.8 Å². The second kappa shape index (κ2) is 6.48. The van der Waals surface area contributed by atoms with Gasteiger partial charge in [-0.3, -0.25) is 4.79 Å². The summed E-state index contributed by atoms with van der Waals surface area (Å²) in [4.78, 5) is 14.0. The molecule has 0 aliphatic carbocycles. The Morgan fingerprint density at radius 3 is 2.79 bits per heavy atom. The minimum absolute atomic E-state index is 0.00644. The summed E-state index contributed by atoms with van der Waals surface area (Å²) in [5.74, 6) is 2.42. The first-order valence-electron chi connectivity index (χ1n) is 6.24. The van der Waals surface area contributed by atoms with Crippen molar-refractivity contribution >= 4 is 17.7 Å². The van der Waals surface area contributed by atoms with Gasteiger partial charge in [0.15, 0.2) is 6.10 Å². The minimum atomic E-state index is -0.558. The zero-order chi connectivity index (χ0) is 13.7. The van der Waals surface area contributed by atoms with Crippen molar-refractivity contribution in [1.82, 2.24) is 4.90 Å². The molecule has 1 aliphatic heterocycles. The van der Waals surface area contributed by atoms with Crippen LogP contribution in [-0.2, 0) is 4.79 Å². The molecule has 5 heteroatoms. The highest BCUT2D eigenvalue weighted by Crippen LogP contribution is 2.19. The Morgan fingerprint density at radius 2 is 2.11 bits per heavy atom. The SMILES string of the molecule is C[C@@H](Oc1ccccc1C#N)C(=O)N1CCSCC1. The molecule has 19 heavy (non-hydrogen) atoms. The number of benzene rings is 1. The van der Waals surface area contributed by atoms with Crippen LogP contribution in [0.2, 0.25) is 0 Å². The van der Waals surface area contributed by atoms with Gasteiger partial charge in [0, 0.05) is 24.6 Å². The zero-order valence-corrected chi connectivity index (χ0v) is 11.7. The molecule has 4 nitrogen and oxygen atoms in total. The Balaban J connectivity index is 2.02. The molecule has 2 rings (SSSR count). The van der Waals surface area contributed by atoms with E-state index in [0.29, 0.717) is 11.3 Å². The maximum atomic E-state index is 12.2. The first-order valence-corrected chi connectivity index (χ1v) is 7.40. The van der Waals surface area contributed by atoms with E-state index in [-0.39, 0.29) is 5.91 Å². The van der Waals surface area contributed by atoms with Crippen LogP contribution in [0.15, 0.2) is 24.3 Å². The molecule has 0 bridgehead atoms. The predicted octanol–water partition coefficient (Wildman–Crippen LogP) is 1.90. The molecule has 1 atom stereocenters. The van der Waals surface area contributed by atoms with Gasteiger partial charge in [-0.2, -0.15) is 17.0 Å². The van der Waals surface area contributed by atoms with Crippen LogP contribution < -0.4 is 4.74 Å². The standard InChI is InChI=1S/C14H16N2O2S/c1-11(14(17)16-6-8-19-9-7-16)18-13-5-3-2-4-12(13)10-15/h2-5,11H,6-9H2,1H3/t11-/m1/s1. The minimum Gasteiger partial charge on any atom is -0.480 e. The first kappa shape index (κ1) is 13.8. The van der Waals surface area contributed by atoms with E-state index in [1.807, 2.05) is 16.7 Å². The topological polar surface area (TPSA) is 53.3 Å². The molecule has 100 valence electrons. The second-order valence-electron chi connectivity index (χ2n) is 4.31. The lowest BCUT2D eigenvalue weighted by Crippen LogP contribution is -2.44. The number of nitriles is 1. The summed E-state index contributed by atoms with van der Waals surface area (Å²) >= 11 is 1.86. The molecule has 0 spiro atoms. The van der Waals surface area contributed by atoms with E-state index < -0.39 is 6.10 Å². The monoisotopic (exact) mass is 276 g/mol. The van der Waals surface area contributed by atoms with Crippen molar-refractivity contribution in [2.45, 2.75) is 13.0 Å². The highest BCUT2D eigenvalue weighted by molar-refractivity contribution is 7.99. The van der Waals surface area contributed by atoms with Crippen LogP contribution in [0.25, 0.3) is 0 Å². The lowest BCUT2D eigenvalue weighted by atomic mass is 10.2. The summed E-state index contributed by atoms with van der Waals surface area (Å²) < 4.78 is 5.63. The van der Waals surface area contributed by atoms with E-state index in [1.165, 1.54) is 0 Å². The van der Waals surface area contributed by atoms with Crippen molar-refractivity contribution in [3.05, 3.63) is 29.8 Å². The normalized spacial score (nSPS) is 16.5. The van der Waals surface area contributed by atoms with Crippen LogP contribution in [0.3, 0.4) is 0 Å². The van der Waals surface area contributed by atoms with Crippen molar-refractivity contribution in [3.63, 3.8) is 0 Å². The highest BCUT2D eigenvalue weighted by Gasteiger charge is 2.24. The maximum Gasteiger partial charge on any atom is 0.263 e. The summed E-state index contributed by atoms with van der Waals surface area (Å²) in [5, 5.41) is 8.99. The van der Waals surface area contributed by atoms with Gasteiger partial charge < -0.3 is 9.64 Å². The van der Waals surface area contributed by atoms with Crippen molar-refractivity contribution in [2.24, 2.45) is 0 Å². The van der Waals surface area contributed by atoms with E-state index >= 15 is 0 Å². The number of thioether (sulfide) groups is 1. The highest BCUT2D eigenvalue weighted by atomic mass is 32.2. The van der Waals surface area contributed by atoms with Crippen LogP contribution in [0.4, 0.5) is 0 Å². The second-order valence-corrected chi connectivity index (χ2v) is 5.53. The molecule has 1 aromatic carbocycles. The lowest BCUT2D eigenvalue weighted by molar-refractivity contribution is -0.137. The average Bonchev–Trinajstić information content (AvgIpc) is 2.48. The largest absolute Gasteiger partial charge is 0.480 e. The van der Waals surface area contributed by atoms with Gasteiger partial charge in [-0.05, 0) is 19.1 Å². The number of para-hydroxylation sites is 1. The van der Waals surface area contributed by atoms with E-state index in [9.17, 15) is 4.79 Å². The Hall–Kier alpha value is -1.67. The summed E-state index contributed by atoms with van der Waals surface area (Å²) in [5.41, 5.74) is 0.455. The van der Waals surface area contributed by atoms with Crippen LogP contribution in [0.1, 0.15) is 12.5 Å². The number of carbonyl (C=O) groups is 1. The summed E-state index contributed by atoms with van der Waals surface area (Å²) in [6.45, 7) is 3.28. The van der Waals surface area contributed by atoms with Gasteiger partial charge in [0.1, 0.15) is 11.8 Å². The van der Waals surface area contributed by atoms with E-state index in [1.54, 1.807) is 31.2 Å². The first-order chi connectivity index (χ1) is 9.22. The summed E-state index contributed by atoms with van der Waals surface area (Å²) in [6, 6.07) is 9.04. The third kappa shape index (κ3) is 3.42. The van der Waals surface area contributed by atoms with Gasteiger partial charge in [-0.1, -0.05) is 12.1 Å². The molecule has 0 N–H and O–H groups in total. The summed E-state index contributed by atoms with van der Waals surface area (Å²) in [7, 11) is 0. The molecule has 0 radical (unpaired) electrons. The van der Waals surface area contributed by atoms with E-state index in [2.05, 4.69) is 6.07 Å². The molecule has 1 aromatic rings. The Kier molecular flexibility index (Phi) is 4.69. The number of hydrogen-bond donors (Lipinski definition) is 0. The van der Waals surface area contributed by atoms with Crippen molar-refractivity contribution in [1.29, 1.82) is 5.26 Å². The Bertz CT molecular complexity index is 492. The van der Waals surface area contributed by atoms with Crippen LogP contribution in [0, 0.1) is 11.3 Å². The fraction of sp³-hybridized carbons (Fsp3) is 0.429. The van der Waals surface area contributed by atoms with Gasteiger partial charge in [0.05, 0.1) is 5.56 Å². The quantitative estimate of drug-likeness (QED) is 0.846. The van der Waals surface area contributed by atoms with Crippen molar-refractivity contribution in [2.75, 3.05) is 24.6 Å². The molecule has 0 aromatic heterocycles. The molecular formula is C14H16N2O2S. The molecular weight excluding hydrogens is 260 g/mol. The van der Waals surface area contributed by atoms with Crippen LogP contribution >= 0.6 is 11.8 Å². The van der Waals surface area contributed by atoms with Gasteiger partial charge in [-0.15, -0.1) is 0 Å². The molecule has 1 saturated heterocycles. The van der Waals surface area contributed by atoms with Crippen molar-refractivity contribution < 1.29 is 9.53 Å². The van der Waals surface area contributed by atoms with Crippen LogP contribution in [-0.4, -0.2) is 41.5 Å². The van der Waals surface area contributed by atoms with Crippen LogP contribution in [0.5, 0.6) is 5.75 Å². The molecule has 1 aliphatic rings. The van der Waals surface area contributed by atoms with Gasteiger partial charge in [0.25, 0.3) is 5.91 Å². The number of rotatable bonds is 3. The lowest BCUT2D eigenvalue weighted by Gasteiger charge is -2.29. The van der Waals surface area contributed by atoms with E-state index in [0.717, 1.165) is 24.6 Å². The van der Waals surface area contributed by atoms with Gasteiger partial charge in [0.2, 0.25) is 0 Å². The van der Waals surface area contributed by atoms with Gasteiger partial charge in [-0.25, -0.2) is 0 Å². The molecule has 0 unspecified atom stereocenters. The smallest absolute Gasteiger partial charge is 0.263 e. The Labute approximate surface area is 117 Å².